The van der Waals surface area contributed by atoms with Crippen molar-refractivity contribution >= 4 is 23.7 Å². The number of carbonyl (C=O) groups is 3. The Morgan fingerprint density at radius 1 is 1.06 bits per heavy atom. The number of fused-ring (bicyclic) bond motifs is 4. The average molecular weight is 449 g/mol. The number of benzene rings is 2. The van der Waals surface area contributed by atoms with E-state index in [9.17, 15) is 14.4 Å². The van der Waals surface area contributed by atoms with Crippen LogP contribution in [0.2, 0.25) is 0 Å². The zero-order chi connectivity index (χ0) is 23.3. The Kier molecular flexibility index (Phi) is 4.88. The average Bonchev–Trinajstić information content (AvgIpc) is 3.35. The molecule has 0 unspecified atom stereocenters. The summed E-state index contributed by atoms with van der Waals surface area (Å²) in [6, 6.07) is 12.5. The number of amides is 1. The summed E-state index contributed by atoms with van der Waals surface area (Å²) in [6.45, 7) is 5.37. The molecule has 0 radical (unpaired) electrons. The van der Waals surface area contributed by atoms with Crippen LogP contribution in [-0.4, -0.2) is 23.6 Å². The van der Waals surface area contributed by atoms with Gasteiger partial charge >= 0.3 is 18.0 Å². The number of ether oxygens (including phenoxy) is 4. The molecule has 2 heterocycles. The highest BCUT2D eigenvalue weighted by Crippen LogP contribution is 2.48. The molecule has 3 atom stereocenters. The molecule has 1 amide bonds. The lowest BCUT2D eigenvalue weighted by molar-refractivity contribution is -0.139. The molecule has 1 fully saturated rings. The van der Waals surface area contributed by atoms with Gasteiger partial charge in [0.25, 0.3) is 6.29 Å². The minimum absolute atomic E-state index is 0.225. The molecule has 1 N–H and O–H groups in total. The predicted molar refractivity (Wildman–Crippen MR) is 116 cm³/mol. The Morgan fingerprint density at radius 2 is 1.85 bits per heavy atom. The van der Waals surface area contributed by atoms with Gasteiger partial charge in [-0.3, -0.25) is 5.32 Å². The Labute approximate surface area is 190 Å². The first-order valence-electron chi connectivity index (χ1n) is 10.7. The summed E-state index contributed by atoms with van der Waals surface area (Å²) < 4.78 is 21.9. The van der Waals surface area contributed by atoms with E-state index in [1.54, 1.807) is 57.2 Å². The van der Waals surface area contributed by atoms with Crippen molar-refractivity contribution in [3.63, 3.8) is 0 Å². The number of rotatable bonds is 3. The van der Waals surface area contributed by atoms with Crippen molar-refractivity contribution in [2.75, 3.05) is 5.32 Å². The highest BCUT2D eigenvalue weighted by atomic mass is 16.7. The molecule has 0 aromatic heterocycles. The minimum Gasteiger partial charge on any atom is -0.458 e. The normalized spacial score (nSPS) is 24.0. The van der Waals surface area contributed by atoms with E-state index in [1.807, 2.05) is 6.07 Å². The van der Waals surface area contributed by atoms with Gasteiger partial charge in [0.15, 0.2) is 0 Å². The lowest BCUT2D eigenvalue weighted by Gasteiger charge is -2.20. The van der Waals surface area contributed by atoms with Crippen LogP contribution in [0.15, 0.2) is 54.3 Å². The van der Waals surface area contributed by atoms with Gasteiger partial charge in [-0.2, -0.15) is 0 Å². The summed E-state index contributed by atoms with van der Waals surface area (Å²) in [5.74, 6) is -1.16. The van der Waals surface area contributed by atoms with E-state index in [0.717, 1.165) is 11.1 Å². The van der Waals surface area contributed by atoms with E-state index in [-0.39, 0.29) is 5.92 Å². The van der Waals surface area contributed by atoms with Gasteiger partial charge in [-0.1, -0.05) is 24.3 Å². The summed E-state index contributed by atoms with van der Waals surface area (Å²) in [6.07, 6.45) is 0.0106. The number of hydrogen-bond donors (Lipinski definition) is 1. The molecule has 8 nitrogen and oxygen atoms in total. The van der Waals surface area contributed by atoms with Crippen molar-refractivity contribution in [3.05, 3.63) is 76.6 Å². The number of hydrogen-bond acceptors (Lipinski definition) is 7. The Morgan fingerprint density at radius 3 is 2.64 bits per heavy atom. The van der Waals surface area contributed by atoms with Crippen molar-refractivity contribution in [2.24, 2.45) is 5.92 Å². The third-order valence-corrected chi connectivity index (χ3v) is 5.74. The first-order chi connectivity index (χ1) is 15.7. The fourth-order valence-electron chi connectivity index (χ4n) is 4.34. The van der Waals surface area contributed by atoms with Crippen LogP contribution in [0, 0.1) is 5.92 Å². The van der Waals surface area contributed by atoms with Gasteiger partial charge in [0.1, 0.15) is 11.7 Å². The monoisotopic (exact) mass is 449 g/mol. The molecule has 2 aromatic carbocycles. The molecular weight excluding hydrogens is 426 g/mol. The molecule has 3 aliphatic rings. The van der Waals surface area contributed by atoms with E-state index in [4.69, 9.17) is 18.9 Å². The van der Waals surface area contributed by atoms with Gasteiger partial charge in [-0.05, 0) is 56.5 Å². The Balaban J connectivity index is 1.32. The highest BCUT2D eigenvalue weighted by Gasteiger charge is 2.47. The first-order valence-corrected chi connectivity index (χ1v) is 10.7. The van der Waals surface area contributed by atoms with Crippen molar-refractivity contribution in [3.8, 4) is 0 Å². The summed E-state index contributed by atoms with van der Waals surface area (Å²) in [5, 5.41) is 2.72. The van der Waals surface area contributed by atoms with E-state index in [2.05, 4.69) is 5.32 Å². The highest BCUT2D eigenvalue weighted by molar-refractivity contribution is 5.94. The van der Waals surface area contributed by atoms with Crippen LogP contribution in [0.25, 0.3) is 0 Å². The second kappa shape index (κ2) is 7.65. The molecule has 0 spiro atoms. The van der Waals surface area contributed by atoms with Crippen molar-refractivity contribution in [1.82, 2.24) is 0 Å². The molecule has 2 aliphatic heterocycles. The van der Waals surface area contributed by atoms with Crippen molar-refractivity contribution in [2.45, 2.75) is 45.2 Å². The molecular formula is C25H23NO7. The zero-order valence-electron chi connectivity index (χ0n) is 18.4. The van der Waals surface area contributed by atoms with Gasteiger partial charge in [-0.15, -0.1) is 0 Å². The van der Waals surface area contributed by atoms with Crippen LogP contribution in [0.3, 0.4) is 0 Å². The third-order valence-electron chi connectivity index (χ3n) is 5.74. The van der Waals surface area contributed by atoms with E-state index in [0.29, 0.717) is 28.8 Å². The second-order valence-corrected chi connectivity index (χ2v) is 9.21. The van der Waals surface area contributed by atoms with E-state index in [1.165, 1.54) is 6.26 Å². The summed E-state index contributed by atoms with van der Waals surface area (Å²) in [4.78, 5) is 36.7. The maximum absolute atomic E-state index is 12.6. The standard InChI is InChI=1S/C25H23NO7/c1-25(2,3)33-24(29)26-14-9-8-13-10-18-19(22(28)31-20(18)17(13)11-14)12-30-23-16-7-5-4-6-15(16)21(27)32-23/h4-9,11-12,18,20,23H,10H2,1-3H3,(H,26,29)/b19-12+/t18-,20-,23+/m0/s1. The molecule has 5 rings (SSSR count). The van der Waals surface area contributed by atoms with Gasteiger partial charge < -0.3 is 18.9 Å². The van der Waals surface area contributed by atoms with Crippen LogP contribution < -0.4 is 5.32 Å². The van der Waals surface area contributed by atoms with Crippen molar-refractivity contribution in [1.29, 1.82) is 0 Å². The Hall–Kier alpha value is -3.81. The fraction of sp³-hybridized carbons (Fsp3) is 0.320. The summed E-state index contributed by atoms with van der Waals surface area (Å²) in [7, 11) is 0. The van der Waals surface area contributed by atoms with Gasteiger partial charge in [0.05, 0.1) is 17.4 Å². The van der Waals surface area contributed by atoms with Crippen molar-refractivity contribution < 1.29 is 33.3 Å². The van der Waals surface area contributed by atoms with Gasteiger partial charge in [-0.25, -0.2) is 14.4 Å². The quantitative estimate of drug-likeness (QED) is 0.317. The van der Waals surface area contributed by atoms with Crippen LogP contribution in [0.4, 0.5) is 10.5 Å². The maximum atomic E-state index is 12.6. The topological polar surface area (TPSA) is 100 Å². The molecule has 0 saturated carbocycles. The molecule has 1 aliphatic carbocycles. The smallest absolute Gasteiger partial charge is 0.412 e. The van der Waals surface area contributed by atoms with Crippen LogP contribution in [0.1, 0.15) is 60.2 Å². The third kappa shape index (κ3) is 3.92. The number of cyclic esters (lactones) is 1. The summed E-state index contributed by atoms with van der Waals surface area (Å²) >= 11 is 0. The maximum Gasteiger partial charge on any atom is 0.412 e. The van der Waals surface area contributed by atoms with E-state index < -0.39 is 36.0 Å². The van der Waals surface area contributed by atoms with Crippen LogP contribution in [-0.2, 0) is 30.2 Å². The molecule has 1 saturated heterocycles. The number of esters is 2. The van der Waals surface area contributed by atoms with Gasteiger partial charge in [0, 0.05) is 17.2 Å². The fourth-order valence-corrected chi connectivity index (χ4v) is 4.34. The largest absolute Gasteiger partial charge is 0.458 e. The number of nitrogens with one attached hydrogen (secondary N) is 1. The number of anilines is 1. The molecule has 8 heteroatoms. The van der Waals surface area contributed by atoms with Crippen LogP contribution >= 0.6 is 0 Å². The second-order valence-electron chi connectivity index (χ2n) is 9.21. The molecule has 170 valence electrons. The molecule has 33 heavy (non-hydrogen) atoms. The van der Waals surface area contributed by atoms with Gasteiger partial charge in [0.2, 0.25) is 0 Å². The minimum atomic E-state index is -0.901. The zero-order valence-corrected chi connectivity index (χ0v) is 18.4. The summed E-state index contributed by atoms with van der Waals surface area (Å²) in [5.41, 5.74) is 3.27. The lowest BCUT2D eigenvalue weighted by atomic mass is 9.98. The lowest BCUT2D eigenvalue weighted by Crippen LogP contribution is -2.27. The predicted octanol–water partition coefficient (Wildman–Crippen LogP) is 4.57. The first kappa shape index (κ1) is 21.1. The number of carbonyl (C=O) groups excluding carboxylic acids is 3. The molecule has 2 aromatic rings. The SMILES string of the molecule is CC(C)(C)OC(=O)Nc1ccc2c(c1)[C@@H]1OC(=O)/C(=C/O[C@@H]3OC(=O)c4ccccc43)[C@@H]1C2. The van der Waals surface area contributed by atoms with Crippen LogP contribution in [0.5, 0.6) is 0 Å². The van der Waals surface area contributed by atoms with E-state index >= 15 is 0 Å². The Bertz CT molecular complexity index is 1190. The molecule has 0 bridgehead atoms.